The third-order valence-electron chi connectivity index (χ3n) is 2.68. The summed E-state index contributed by atoms with van der Waals surface area (Å²) >= 11 is 0. The van der Waals surface area contributed by atoms with Crippen LogP contribution in [0, 0.1) is 18.4 Å². The van der Waals surface area contributed by atoms with Crippen LogP contribution in [-0.2, 0) is 5.41 Å². The van der Waals surface area contributed by atoms with Crippen LogP contribution < -0.4 is 0 Å². The van der Waals surface area contributed by atoms with Crippen molar-refractivity contribution in [2.75, 3.05) is 0 Å². The lowest BCUT2D eigenvalue weighted by Crippen LogP contribution is -2.16. The molecule has 0 amide bonds. The molecule has 0 saturated heterocycles. The van der Waals surface area contributed by atoms with E-state index in [2.05, 4.69) is 77.0 Å². The van der Waals surface area contributed by atoms with E-state index < -0.39 is 8.07 Å². The Labute approximate surface area is 107 Å². The normalized spacial score (nSPS) is 11.9. The van der Waals surface area contributed by atoms with Gasteiger partial charge in [-0.2, -0.15) is 0 Å². The van der Waals surface area contributed by atoms with Crippen molar-refractivity contribution < 1.29 is 0 Å². The van der Waals surface area contributed by atoms with Crippen molar-refractivity contribution in [2.45, 2.75) is 52.8 Å². The molecule has 0 aliphatic carbocycles. The molecule has 0 fully saturated rings. The first-order valence-electron chi connectivity index (χ1n) is 6.24. The van der Waals surface area contributed by atoms with Gasteiger partial charge in [0, 0.05) is 5.56 Å². The zero-order chi connectivity index (χ0) is 13.3. The van der Waals surface area contributed by atoms with Crippen LogP contribution in [-0.4, -0.2) is 8.07 Å². The fourth-order valence-corrected chi connectivity index (χ4v) is 1.99. The molecule has 0 saturated carbocycles. The van der Waals surface area contributed by atoms with E-state index in [1.54, 1.807) is 0 Å². The second kappa shape index (κ2) is 4.70. The van der Waals surface area contributed by atoms with Crippen molar-refractivity contribution in [3.8, 4) is 11.5 Å². The first kappa shape index (κ1) is 14.1. The summed E-state index contributed by atoms with van der Waals surface area (Å²) in [5, 5.41) is 0. The highest BCUT2D eigenvalue weighted by Crippen LogP contribution is 2.24. The fraction of sp³-hybridized carbons (Fsp3) is 0.500. The molecule has 17 heavy (non-hydrogen) atoms. The van der Waals surface area contributed by atoms with Gasteiger partial charge in [0.05, 0.1) is 0 Å². The SMILES string of the molecule is Cc1ccc(C(C)(C)C)cc1C#C[Si](C)(C)C. The summed E-state index contributed by atoms with van der Waals surface area (Å²) in [7, 11) is -1.29. The predicted octanol–water partition coefficient (Wildman–Crippen LogP) is 4.52. The molecular formula is C16H24Si. The molecule has 0 nitrogen and oxygen atoms in total. The standard InChI is InChI=1S/C16H24Si/c1-13-8-9-15(16(2,3)4)12-14(13)10-11-17(5,6)7/h8-9,12H,1-7H3. The molecule has 0 aromatic heterocycles. The molecule has 1 aromatic rings. The molecular weight excluding hydrogens is 220 g/mol. The highest BCUT2D eigenvalue weighted by atomic mass is 28.3. The largest absolute Gasteiger partial charge is 0.129 e. The molecule has 0 radical (unpaired) electrons. The number of benzene rings is 1. The fourth-order valence-electron chi connectivity index (χ4n) is 1.48. The molecule has 0 aliphatic heterocycles. The maximum atomic E-state index is 3.45. The first-order chi connectivity index (χ1) is 7.59. The van der Waals surface area contributed by atoms with Crippen molar-refractivity contribution in [1.82, 2.24) is 0 Å². The van der Waals surface area contributed by atoms with Crippen molar-refractivity contribution in [2.24, 2.45) is 0 Å². The van der Waals surface area contributed by atoms with Gasteiger partial charge in [-0.3, -0.25) is 0 Å². The lowest BCUT2D eigenvalue weighted by Gasteiger charge is -2.19. The average molecular weight is 244 g/mol. The van der Waals surface area contributed by atoms with Gasteiger partial charge in [-0.1, -0.05) is 58.5 Å². The van der Waals surface area contributed by atoms with Crippen LogP contribution in [0.3, 0.4) is 0 Å². The second-order valence-electron chi connectivity index (χ2n) is 6.78. The van der Waals surface area contributed by atoms with Crippen molar-refractivity contribution in [3.05, 3.63) is 34.9 Å². The van der Waals surface area contributed by atoms with Crippen LogP contribution in [0.1, 0.15) is 37.5 Å². The van der Waals surface area contributed by atoms with Crippen molar-refractivity contribution in [3.63, 3.8) is 0 Å². The summed E-state index contributed by atoms with van der Waals surface area (Å²) in [5.41, 5.74) is 7.48. The van der Waals surface area contributed by atoms with Crippen LogP contribution in [0.15, 0.2) is 18.2 Å². The van der Waals surface area contributed by atoms with E-state index in [1.165, 1.54) is 16.7 Å². The van der Waals surface area contributed by atoms with Crippen LogP contribution in [0.4, 0.5) is 0 Å². The topological polar surface area (TPSA) is 0 Å². The third-order valence-corrected chi connectivity index (χ3v) is 3.55. The van der Waals surface area contributed by atoms with E-state index in [1.807, 2.05) is 0 Å². The minimum Gasteiger partial charge on any atom is -0.127 e. The maximum absolute atomic E-state index is 3.45. The quantitative estimate of drug-likeness (QED) is 0.465. The van der Waals surface area contributed by atoms with Gasteiger partial charge in [0.1, 0.15) is 8.07 Å². The molecule has 92 valence electrons. The number of hydrogen-bond acceptors (Lipinski definition) is 0. The van der Waals surface area contributed by atoms with Gasteiger partial charge in [-0.15, -0.1) is 5.54 Å². The summed E-state index contributed by atoms with van der Waals surface area (Å²) in [4.78, 5) is 0. The average Bonchev–Trinajstić information content (AvgIpc) is 2.13. The highest BCUT2D eigenvalue weighted by molar-refractivity contribution is 6.83. The Morgan fingerprint density at radius 1 is 1.06 bits per heavy atom. The van der Waals surface area contributed by atoms with Gasteiger partial charge in [-0.05, 0) is 29.5 Å². The molecule has 0 atom stereocenters. The summed E-state index contributed by atoms with van der Waals surface area (Å²) in [6, 6.07) is 6.66. The number of aryl methyl sites for hydroxylation is 1. The molecule has 0 unspecified atom stereocenters. The first-order valence-corrected chi connectivity index (χ1v) is 9.74. The van der Waals surface area contributed by atoms with E-state index in [4.69, 9.17) is 0 Å². The summed E-state index contributed by atoms with van der Waals surface area (Å²) < 4.78 is 0. The Kier molecular flexibility index (Phi) is 3.89. The Morgan fingerprint density at radius 2 is 1.65 bits per heavy atom. The minimum atomic E-state index is -1.29. The molecule has 0 N–H and O–H groups in total. The molecule has 0 spiro atoms. The van der Waals surface area contributed by atoms with E-state index in [0.29, 0.717) is 0 Å². The van der Waals surface area contributed by atoms with Gasteiger partial charge < -0.3 is 0 Å². The summed E-state index contributed by atoms with van der Waals surface area (Å²) in [6.07, 6.45) is 0. The summed E-state index contributed by atoms with van der Waals surface area (Å²) in [6.45, 7) is 15.7. The molecule has 0 aliphatic rings. The van der Waals surface area contributed by atoms with E-state index >= 15 is 0 Å². The van der Waals surface area contributed by atoms with E-state index in [-0.39, 0.29) is 5.41 Å². The van der Waals surface area contributed by atoms with Crippen molar-refractivity contribution in [1.29, 1.82) is 0 Å². The van der Waals surface area contributed by atoms with E-state index in [0.717, 1.165) is 0 Å². The summed E-state index contributed by atoms with van der Waals surface area (Å²) in [5.74, 6) is 3.38. The Morgan fingerprint density at radius 3 is 2.12 bits per heavy atom. The third kappa shape index (κ3) is 4.40. The highest BCUT2D eigenvalue weighted by Gasteiger charge is 2.14. The Hall–Kier alpha value is -1.00. The van der Waals surface area contributed by atoms with Gasteiger partial charge in [-0.25, -0.2) is 0 Å². The van der Waals surface area contributed by atoms with Gasteiger partial charge in [0.15, 0.2) is 0 Å². The molecule has 0 bridgehead atoms. The van der Waals surface area contributed by atoms with Crippen LogP contribution in [0.5, 0.6) is 0 Å². The second-order valence-corrected chi connectivity index (χ2v) is 11.5. The van der Waals surface area contributed by atoms with E-state index in [9.17, 15) is 0 Å². The van der Waals surface area contributed by atoms with Crippen molar-refractivity contribution >= 4 is 8.07 Å². The maximum Gasteiger partial charge on any atom is 0.129 e. The minimum absolute atomic E-state index is 0.198. The van der Waals surface area contributed by atoms with Gasteiger partial charge >= 0.3 is 0 Å². The van der Waals surface area contributed by atoms with Gasteiger partial charge in [0.25, 0.3) is 0 Å². The number of hydrogen-bond donors (Lipinski definition) is 0. The number of rotatable bonds is 0. The molecule has 1 aromatic carbocycles. The zero-order valence-corrected chi connectivity index (χ0v) is 13.2. The molecule has 1 rings (SSSR count). The lowest BCUT2D eigenvalue weighted by molar-refractivity contribution is 0.590. The Balaban J connectivity index is 3.20. The van der Waals surface area contributed by atoms with Crippen LogP contribution in [0.2, 0.25) is 19.6 Å². The van der Waals surface area contributed by atoms with Crippen LogP contribution in [0.25, 0.3) is 0 Å². The van der Waals surface area contributed by atoms with Gasteiger partial charge in [0.2, 0.25) is 0 Å². The monoisotopic (exact) mass is 244 g/mol. The Bertz CT molecular complexity index is 459. The zero-order valence-electron chi connectivity index (χ0n) is 12.2. The smallest absolute Gasteiger partial charge is 0.127 e. The molecule has 0 heterocycles. The molecule has 1 heteroatoms. The predicted molar refractivity (Wildman–Crippen MR) is 80.1 cm³/mol. The lowest BCUT2D eigenvalue weighted by atomic mass is 9.85. The van der Waals surface area contributed by atoms with Crippen LogP contribution >= 0.6 is 0 Å².